The molecule has 1 aromatic carbocycles. The number of halogens is 3. The topological polar surface area (TPSA) is 105 Å². The number of carbonyl (C=O) groups is 4. The molecule has 4 amide bonds. The van der Waals surface area contributed by atoms with Crippen molar-refractivity contribution in [3.63, 3.8) is 0 Å². The molecular weight excluding hydrogens is 383 g/mol. The zero-order valence-corrected chi connectivity index (χ0v) is 15.1. The molecule has 11 heteroatoms. The molecular formula is C17H18F3N3O5. The SMILES string of the molecule is CC[C@@]1(C)NC(=O)N(CC(=O)OCC(=O)Nc2ccc(C(F)(F)F)cc2)C1=O. The van der Waals surface area contributed by atoms with Crippen LogP contribution in [0.1, 0.15) is 25.8 Å². The molecule has 0 aromatic heterocycles. The van der Waals surface area contributed by atoms with Gasteiger partial charge in [-0.25, -0.2) is 4.79 Å². The van der Waals surface area contributed by atoms with Gasteiger partial charge in [0.1, 0.15) is 12.1 Å². The van der Waals surface area contributed by atoms with Gasteiger partial charge < -0.3 is 15.4 Å². The Balaban J connectivity index is 1.83. The predicted octanol–water partition coefficient (Wildman–Crippen LogP) is 1.91. The maximum atomic E-state index is 12.5. The lowest BCUT2D eigenvalue weighted by molar-refractivity contribution is -0.150. The van der Waals surface area contributed by atoms with Crippen molar-refractivity contribution in [2.45, 2.75) is 32.0 Å². The molecule has 2 rings (SSSR count). The lowest BCUT2D eigenvalue weighted by Crippen LogP contribution is -2.43. The van der Waals surface area contributed by atoms with Crippen molar-refractivity contribution in [1.82, 2.24) is 10.2 Å². The molecule has 152 valence electrons. The van der Waals surface area contributed by atoms with Crippen molar-refractivity contribution in [1.29, 1.82) is 0 Å². The summed E-state index contributed by atoms with van der Waals surface area (Å²) < 4.78 is 42.2. The molecule has 1 heterocycles. The summed E-state index contributed by atoms with van der Waals surface area (Å²) >= 11 is 0. The normalized spacial score (nSPS) is 19.4. The first-order valence-electron chi connectivity index (χ1n) is 8.23. The van der Waals surface area contributed by atoms with Gasteiger partial charge in [-0.1, -0.05) is 6.92 Å². The van der Waals surface area contributed by atoms with Gasteiger partial charge >= 0.3 is 18.2 Å². The lowest BCUT2D eigenvalue weighted by Gasteiger charge is -2.18. The zero-order valence-electron chi connectivity index (χ0n) is 15.1. The standard InChI is InChI=1S/C17H18F3N3O5/c1-3-16(2)14(26)23(15(27)22-16)8-13(25)28-9-12(24)21-11-6-4-10(5-7-11)17(18,19)20/h4-7H,3,8-9H2,1-2H3,(H,21,24)(H,22,27)/t16-/m1/s1. The van der Waals surface area contributed by atoms with E-state index in [0.29, 0.717) is 11.3 Å². The number of ether oxygens (including phenoxy) is 1. The molecule has 1 atom stereocenters. The van der Waals surface area contributed by atoms with Gasteiger partial charge in [-0.3, -0.25) is 19.3 Å². The first-order valence-corrected chi connectivity index (χ1v) is 8.23. The monoisotopic (exact) mass is 401 g/mol. The van der Waals surface area contributed by atoms with Crippen molar-refractivity contribution in [2.75, 3.05) is 18.5 Å². The van der Waals surface area contributed by atoms with Crippen LogP contribution in [0.15, 0.2) is 24.3 Å². The van der Waals surface area contributed by atoms with E-state index < -0.39 is 54.2 Å². The van der Waals surface area contributed by atoms with Crippen molar-refractivity contribution >= 4 is 29.5 Å². The van der Waals surface area contributed by atoms with Crippen LogP contribution in [0.5, 0.6) is 0 Å². The Labute approximate surface area is 158 Å². The second-order valence-electron chi connectivity index (χ2n) is 6.29. The fourth-order valence-electron chi connectivity index (χ4n) is 2.39. The minimum atomic E-state index is -4.49. The Kier molecular flexibility index (Phi) is 5.95. The molecule has 28 heavy (non-hydrogen) atoms. The third-order valence-corrected chi connectivity index (χ3v) is 4.20. The van der Waals surface area contributed by atoms with Crippen LogP contribution in [-0.4, -0.2) is 47.4 Å². The van der Waals surface area contributed by atoms with Crippen molar-refractivity contribution in [3.8, 4) is 0 Å². The number of hydrogen-bond donors (Lipinski definition) is 2. The molecule has 1 aliphatic rings. The third kappa shape index (κ3) is 4.78. The zero-order chi connectivity index (χ0) is 21.1. The summed E-state index contributed by atoms with van der Waals surface area (Å²) in [6, 6.07) is 2.97. The molecule has 1 aromatic rings. The Hall–Kier alpha value is -3.11. The van der Waals surface area contributed by atoms with Crippen LogP contribution in [-0.2, 0) is 25.3 Å². The van der Waals surface area contributed by atoms with Gasteiger partial charge in [0.15, 0.2) is 6.61 Å². The molecule has 1 aliphatic heterocycles. The van der Waals surface area contributed by atoms with E-state index in [9.17, 15) is 32.3 Å². The van der Waals surface area contributed by atoms with Crippen LogP contribution in [0.2, 0.25) is 0 Å². The number of esters is 1. The molecule has 2 N–H and O–H groups in total. The van der Waals surface area contributed by atoms with Crippen LogP contribution in [0.3, 0.4) is 0 Å². The average molecular weight is 401 g/mol. The molecule has 0 spiro atoms. The quantitative estimate of drug-likeness (QED) is 0.560. The molecule has 8 nitrogen and oxygen atoms in total. The number of urea groups is 1. The minimum Gasteiger partial charge on any atom is -0.454 e. The van der Waals surface area contributed by atoms with E-state index >= 15 is 0 Å². The number of hydrogen-bond acceptors (Lipinski definition) is 5. The predicted molar refractivity (Wildman–Crippen MR) is 90.0 cm³/mol. The highest BCUT2D eigenvalue weighted by Crippen LogP contribution is 2.29. The maximum absolute atomic E-state index is 12.5. The van der Waals surface area contributed by atoms with Crippen molar-refractivity contribution < 1.29 is 37.1 Å². The second-order valence-corrected chi connectivity index (χ2v) is 6.29. The van der Waals surface area contributed by atoms with Crippen LogP contribution < -0.4 is 10.6 Å². The lowest BCUT2D eigenvalue weighted by atomic mass is 9.99. The van der Waals surface area contributed by atoms with Gasteiger partial charge in [0.2, 0.25) is 0 Å². The average Bonchev–Trinajstić information content (AvgIpc) is 2.83. The summed E-state index contributed by atoms with van der Waals surface area (Å²) in [6.07, 6.45) is -4.16. The van der Waals surface area contributed by atoms with Crippen molar-refractivity contribution in [2.24, 2.45) is 0 Å². The van der Waals surface area contributed by atoms with E-state index in [0.717, 1.165) is 24.3 Å². The highest BCUT2D eigenvalue weighted by Gasteiger charge is 2.47. The van der Waals surface area contributed by atoms with E-state index in [2.05, 4.69) is 10.6 Å². The molecule has 0 saturated carbocycles. The number of rotatable bonds is 6. The van der Waals surface area contributed by atoms with Crippen LogP contribution in [0.4, 0.5) is 23.7 Å². The number of nitrogens with one attached hydrogen (secondary N) is 2. The number of anilines is 1. The third-order valence-electron chi connectivity index (χ3n) is 4.20. The van der Waals surface area contributed by atoms with E-state index in [-0.39, 0.29) is 5.69 Å². The van der Waals surface area contributed by atoms with Crippen LogP contribution in [0.25, 0.3) is 0 Å². The van der Waals surface area contributed by atoms with E-state index in [1.807, 2.05) is 0 Å². The Morgan fingerprint density at radius 3 is 2.32 bits per heavy atom. The molecule has 0 bridgehead atoms. The first-order chi connectivity index (χ1) is 13.0. The maximum Gasteiger partial charge on any atom is 0.416 e. The fourth-order valence-corrected chi connectivity index (χ4v) is 2.39. The van der Waals surface area contributed by atoms with Crippen LogP contribution >= 0.6 is 0 Å². The Morgan fingerprint density at radius 1 is 1.21 bits per heavy atom. The summed E-state index contributed by atoms with van der Waals surface area (Å²) in [6.45, 7) is 1.84. The van der Waals surface area contributed by atoms with E-state index in [1.54, 1.807) is 6.92 Å². The first kappa shape index (κ1) is 21.2. The summed E-state index contributed by atoms with van der Waals surface area (Å²) in [5.41, 5.74) is -1.89. The number of amides is 4. The molecule has 0 radical (unpaired) electrons. The van der Waals surface area contributed by atoms with Gasteiger partial charge in [-0.05, 0) is 37.6 Å². The Morgan fingerprint density at radius 2 is 1.82 bits per heavy atom. The van der Waals surface area contributed by atoms with Gasteiger partial charge in [-0.15, -0.1) is 0 Å². The number of nitrogens with zero attached hydrogens (tertiary/aromatic N) is 1. The highest BCUT2D eigenvalue weighted by molar-refractivity contribution is 6.08. The number of imide groups is 1. The largest absolute Gasteiger partial charge is 0.454 e. The van der Waals surface area contributed by atoms with Crippen molar-refractivity contribution in [3.05, 3.63) is 29.8 Å². The summed E-state index contributed by atoms with van der Waals surface area (Å²) in [5, 5.41) is 4.73. The highest BCUT2D eigenvalue weighted by atomic mass is 19.4. The second kappa shape index (κ2) is 7.87. The van der Waals surface area contributed by atoms with Gasteiger partial charge in [0.05, 0.1) is 5.56 Å². The van der Waals surface area contributed by atoms with Crippen LogP contribution in [0, 0.1) is 0 Å². The summed E-state index contributed by atoms with van der Waals surface area (Å²) in [4.78, 5) is 48.2. The Bertz CT molecular complexity index is 794. The molecule has 0 aliphatic carbocycles. The minimum absolute atomic E-state index is 0.0851. The number of carbonyl (C=O) groups excluding carboxylic acids is 4. The van der Waals surface area contributed by atoms with Gasteiger partial charge in [-0.2, -0.15) is 13.2 Å². The number of alkyl halides is 3. The van der Waals surface area contributed by atoms with Gasteiger partial charge in [0, 0.05) is 5.69 Å². The summed E-state index contributed by atoms with van der Waals surface area (Å²) in [7, 11) is 0. The van der Waals surface area contributed by atoms with Gasteiger partial charge in [0.25, 0.3) is 11.8 Å². The summed E-state index contributed by atoms with van der Waals surface area (Å²) in [5.74, 6) is -2.35. The number of benzene rings is 1. The fraction of sp³-hybridized carbons (Fsp3) is 0.412. The van der Waals surface area contributed by atoms with E-state index in [1.165, 1.54) is 6.92 Å². The molecule has 1 fully saturated rings. The molecule has 0 unspecified atom stereocenters. The molecule has 1 saturated heterocycles. The smallest absolute Gasteiger partial charge is 0.416 e. The van der Waals surface area contributed by atoms with E-state index in [4.69, 9.17) is 4.74 Å².